The van der Waals surface area contributed by atoms with Crippen molar-refractivity contribution in [1.82, 2.24) is 4.90 Å². The molecule has 0 aromatic heterocycles. The van der Waals surface area contributed by atoms with Crippen molar-refractivity contribution in [3.8, 4) is 0 Å². The minimum atomic E-state index is -0.441. The van der Waals surface area contributed by atoms with Gasteiger partial charge in [-0.05, 0) is 59.3 Å². The first-order valence-corrected chi connectivity index (χ1v) is 8.23. The first-order valence-electron chi connectivity index (χ1n) is 8.23. The zero-order valence-electron chi connectivity index (χ0n) is 14.7. The Kier molecular flexibility index (Phi) is 6.51. The predicted octanol–water partition coefficient (Wildman–Crippen LogP) is 4.23. The van der Waals surface area contributed by atoms with Crippen LogP contribution in [0.5, 0.6) is 0 Å². The highest BCUT2D eigenvalue weighted by Gasteiger charge is 2.35. The number of carbonyl (C=O) groups is 1. The molecule has 0 saturated carbocycles. The first-order chi connectivity index (χ1) is 9.61. The van der Waals surface area contributed by atoms with E-state index in [9.17, 15) is 4.79 Å². The molecule has 0 N–H and O–H groups in total. The van der Waals surface area contributed by atoms with E-state index in [1.165, 1.54) is 6.42 Å². The van der Waals surface area contributed by atoms with Crippen LogP contribution in [0.4, 0.5) is 4.79 Å². The van der Waals surface area contributed by atoms with Gasteiger partial charge in [0.05, 0.1) is 12.1 Å². The van der Waals surface area contributed by atoms with Crippen LogP contribution < -0.4 is 0 Å². The second-order valence-electron chi connectivity index (χ2n) is 7.84. The van der Waals surface area contributed by atoms with Crippen LogP contribution in [-0.4, -0.2) is 41.9 Å². The summed E-state index contributed by atoms with van der Waals surface area (Å²) in [6.07, 6.45) is 4.03. The summed E-state index contributed by atoms with van der Waals surface area (Å²) in [4.78, 5) is 14.0. The zero-order valence-corrected chi connectivity index (χ0v) is 14.7. The molecule has 0 spiro atoms. The van der Waals surface area contributed by atoms with E-state index >= 15 is 0 Å². The highest BCUT2D eigenvalue weighted by molar-refractivity contribution is 5.68. The van der Waals surface area contributed by atoms with Gasteiger partial charge in [-0.3, -0.25) is 0 Å². The lowest BCUT2D eigenvalue weighted by Crippen LogP contribution is -2.51. The molecule has 1 heterocycles. The average Bonchev–Trinajstić information content (AvgIpc) is 2.32. The van der Waals surface area contributed by atoms with Crippen molar-refractivity contribution in [2.24, 2.45) is 5.92 Å². The quantitative estimate of drug-likeness (QED) is 0.713. The Morgan fingerprint density at radius 1 is 1.33 bits per heavy atom. The number of piperidine rings is 1. The van der Waals surface area contributed by atoms with E-state index in [2.05, 4.69) is 20.8 Å². The normalized spacial score (nSPS) is 23.5. The van der Waals surface area contributed by atoms with E-state index in [0.717, 1.165) is 32.4 Å². The summed E-state index contributed by atoms with van der Waals surface area (Å²) in [5.74, 6) is 0.714. The second kappa shape index (κ2) is 7.48. The SMILES string of the molecule is CC(C)CCCOC1(C)CCCN(C(=O)OC(C)(C)C)C1. The van der Waals surface area contributed by atoms with Crippen molar-refractivity contribution in [3.63, 3.8) is 0 Å². The van der Waals surface area contributed by atoms with Crippen LogP contribution in [0.3, 0.4) is 0 Å². The molecular weight excluding hydrogens is 266 g/mol. The van der Waals surface area contributed by atoms with Gasteiger partial charge in [-0.15, -0.1) is 0 Å². The molecule has 1 saturated heterocycles. The Hall–Kier alpha value is -0.770. The molecule has 1 amide bonds. The fourth-order valence-corrected chi connectivity index (χ4v) is 2.62. The van der Waals surface area contributed by atoms with Gasteiger partial charge in [0.15, 0.2) is 0 Å². The fourth-order valence-electron chi connectivity index (χ4n) is 2.62. The first kappa shape index (κ1) is 18.3. The van der Waals surface area contributed by atoms with Gasteiger partial charge >= 0.3 is 6.09 Å². The summed E-state index contributed by atoms with van der Waals surface area (Å²) in [5, 5.41) is 0. The van der Waals surface area contributed by atoms with Crippen LogP contribution in [0.2, 0.25) is 0 Å². The molecule has 0 aromatic carbocycles. The molecule has 124 valence electrons. The number of likely N-dealkylation sites (tertiary alicyclic amines) is 1. The fraction of sp³-hybridized carbons (Fsp3) is 0.941. The molecule has 1 aliphatic heterocycles. The largest absolute Gasteiger partial charge is 0.444 e. The maximum Gasteiger partial charge on any atom is 0.410 e. The topological polar surface area (TPSA) is 38.8 Å². The number of amides is 1. The van der Waals surface area contributed by atoms with Crippen LogP contribution >= 0.6 is 0 Å². The number of nitrogens with zero attached hydrogens (tertiary/aromatic N) is 1. The average molecular weight is 299 g/mol. The summed E-state index contributed by atoms with van der Waals surface area (Å²) in [7, 11) is 0. The van der Waals surface area contributed by atoms with Gasteiger partial charge in [-0.25, -0.2) is 4.79 Å². The molecule has 1 fully saturated rings. The third-order valence-electron chi connectivity index (χ3n) is 3.69. The van der Waals surface area contributed by atoms with E-state index in [-0.39, 0.29) is 11.7 Å². The van der Waals surface area contributed by atoms with Crippen LogP contribution in [0.1, 0.15) is 67.2 Å². The van der Waals surface area contributed by atoms with Crippen molar-refractivity contribution in [3.05, 3.63) is 0 Å². The zero-order chi connectivity index (χ0) is 16.1. The van der Waals surface area contributed by atoms with Crippen molar-refractivity contribution >= 4 is 6.09 Å². The molecule has 21 heavy (non-hydrogen) atoms. The number of hydrogen-bond acceptors (Lipinski definition) is 3. The summed E-state index contributed by atoms with van der Waals surface area (Å²) in [6, 6.07) is 0. The molecule has 1 unspecified atom stereocenters. The smallest absolute Gasteiger partial charge is 0.410 e. The lowest BCUT2D eigenvalue weighted by atomic mass is 9.95. The third kappa shape index (κ3) is 7.16. The van der Waals surface area contributed by atoms with E-state index in [0.29, 0.717) is 12.5 Å². The molecule has 4 heteroatoms. The maximum atomic E-state index is 12.2. The molecular formula is C17H33NO3. The summed E-state index contributed by atoms with van der Waals surface area (Å²) in [5.41, 5.74) is -0.671. The summed E-state index contributed by atoms with van der Waals surface area (Å²) >= 11 is 0. The van der Waals surface area contributed by atoms with Crippen LogP contribution in [0.15, 0.2) is 0 Å². The third-order valence-corrected chi connectivity index (χ3v) is 3.69. The second-order valence-corrected chi connectivity index (χ2v) is 7.84. The standard InChI is InChI=1S/C17H33NO3/c1-14(2)9-7-12-20-17(6)10-8-11-18(13-17)15(19)21-16(3,4)5/h14H,7-13H2,1-6H3. The molecule has 1 rings (SSSR count). The molecule has 4 nitrogen and oxygen atoms in total. The molecule has 0 radical (unpaired) electrons. The van der Waals surface area contributed by atoms with E-state index < -0.39 is 5.60 Å². The predicted molar refractivity (Wildman–Crippen MR) is 85.5 cm³/mol. The summed E-state index contributed by atoms with van der Waals surface area (Å²) in [6.45, 7) is 14.4. The van der Waals surface area contributed by atoms with Crippen LogP contribution in [0.25, 0.3) is 0 Å². The molecule has 1 aliphatic rings. The molecule has 1 atom stereocenters. The number of ether oxygens (including phenoxy) is 2. The lowest BCUT2D eigenvalue weighted by molar-refractivity contribution is -0.0810. The minimum absolute atomic E-state index is 0.223. The van der Waals surface area contributed by atoms with Gasteiger partial charge in [0.2, 0.25) is 0 Å². The minimum Gasteiger partial charge on any atom is -0.444 e. The number of rotatable bonds is 5. The lowest BCUT2D eigenvalue weighted by Gasteiger charge is -2.40. The van der Waals surface area contributed by atoms with Gasteiger partial charge in [0.25, 0.3) is 0 Å². The van der Waals surface area contributed by atoms with Crippen LogP contribution in [-0.2, 0) is 9.47 Å². The van der Waals surface area contributed by atoms with Gasteiger partial charge in [0, 0.05) is 13.2 Å². The monoisotopic (exact) mass is 299 g/mol. The van der Waals surface area contributed by atoms with Crippen molar-refractivity contribution in [1.29, 1.82) is 0 Å². The van der Waals surface area contributed by atoms with Gasteiger partial charge in [-0.1, -0.05) is 13.8 Å². The van der Waals surface area contributed by atoms with Gasteiger partial charge < -0.3 is 14.4 Å². The van der Waals surface area contributed by atoms with Crippen molar-refractivity contribution in [2.45, 2.75) is 78.4 Å². The Morgan fingerprint density at radius 2 is 2.00 bits per heavy atom. The Morgan fingerprint density at radius 3 is 2.57 bits per heavy atom. The molecule has 0 bridgehead atoms. The molecule has 0 aromatic rings. The summed E-state index contributed by atoms with van der Waals surface area (Å²) < 4.78 is 11.5. The Balaban J connectivity index is 2.44. The van der Waals surface area contributed by atoms with E-state index in [1.54, 1.807) is 4.90 Å². The van der Waals surface area contributed by atoms with E-state index in [4.69, 9.17) is 9.47 Å². The van der Waals surface area contributed by atoms with Crippen LogP contribution in [0, 0.1) is 5.92 Å². The highest BCUT2D eigenvalue weighted by Crippen LogP contribution is 2.26. The van der Waals surface area contributed by atoms with E-state index in [1.807, 2.05) is 20.8 Å². The number of hydrogen-bond donors (Lipinski definition) is 0. The highest BCUT2D eigenvalue weighted by atomic mass is 16.6. The maximum absolute atomic E-state index is 12.2. The van der Waals surface area contributed by atoms with Crippen molar-refractivity contribution < 1.29 is 14.3 Å². The molecule has 0 aliphatic carbocycles. The van der Waals surface area contributed by atoms with Crippen molar-refractivity contribution in [2.75, 3.05) is 19.7 Å². The number of carbonyl (C=O) groups excluding carboxylic acids is 1. The van der Waals surface area contributed by atoms with Gasteiger partial charge in [0.1, 0.15) is 5.60 Å². The Bertz CT molecular complexity index is 335. The Labute approximate surface area is 130 Å². The van der Waals surface area contributed by atoms with Gasteiger partial charge in [-0.2, -0.15) is 0 Å².